The van der Waals surface area contributed by atoms with E-state index in [1.807, 2.05) is 52.5 Å². The Morgan fingerprint density at radius 1 is 1.38 bits per heavy atom. The lowest BCUT2D eigenvalue weighted by molar-refractivity contribution is -0.137. The molecule has 0 bridgehead atoms. The summed E-state index contributed by atoms with van der Waals surface area (Å²) in [6.45, 7) is 0.539. The predicted molar refractivity (Wildman–Crippen MR) is 81.3 cm³/mol. The number of rotatable bonds is 6. The van der Waals surface area contributed by atoms with E-state index in [2.05, 4.69) is 10.3 Å². The first kappa shape index (κ1) is 13.8. The van der Waals surface area contributed by atoms with Gasteiger partial charge in [-0.15, -0.1) is 11.3 Å². The minimum absolute atomic E-state index is 0.0634. The molecule has 3 aromatic heterocycles. The first-order valence-corrected chi connectivity index (χ1v) is 7.51. The fourth-order valence-electron chi connectivity index (χ4n) is 2.24. The van der Waals surface area contributed by atoms with Crippen LogP contribution >= 0.6 is 11.3 Å². The number of hydrogen-bond donors (Lipinski definition) is 2. The van der Waals surface area contributed by atoms with Gasteiger partial charge in [-0.25, -0.2) is 4.98 Å². The number of nitrogens with one attached hydrogen (secondary N) is 1. The van der Waals surface area contributed by atoms with Crippen LogP contribution in [0.2, 0.25) is 0 Å². The van der Waals surface area contributed by atoms with Gasteiger partial charge in [-0.05, 0) is 23.6 Å². The van der Waals surface area contributed by atoms with Crippen molar-refractivity contribution < 1.29 is 9.90 Å². The van der Waals surface area contributed by atoms with Crippen molar-refractivity contribution in [3.63, 3.8) is 0 Å². The van der Waals surface area contributed by atoms with Crippen LogP contribution in [0.1, 0.15) is 23.0 Å². The number of carbonyl (C=O) groups is 1. The summed E-state index contributed by atoms with van der Waals surface area (Å²) in [5, 5.41) is 14.3. The normalized spacial score (nSPS) is 12.6. The molecule has 0 fully saturated rings. The molecule has 5 nitrogen and oxygen atoms in total. The monoisotopic (exact) mass is 301 g/mol. The van der Waals surface area contributed by atoms with Crippen LogP contribution in [-0.4, -0.2) is 20.5 Å². The molecular weight excluding hydrogens is 286 g/mol. The topological polar surface area (TPSA) is 66.6 Å². The molecule has 0 aromatic carbocycles. The van der Waals surface area contributed by atoms with Gasteiger partial charge in [-0.2, -0.15) is 0 Å². The molecule has 0 spiro atoms. The molecule has 21 heavy (non-hydrogen) atoms. The lowest BCUT2D eigenvalue weighted by Crippen LogP contribution is -2.23. The zero-order valence-corrected chi connectivity index (χ0v) is 12.1. The van der Waals surface area contributed by atoms with Gasteiger partial charge in [0.15, 0.2) is 0 Å². The molecule has 0 amide bonds. The van der Waals surface area contributed by atoms with Gasteiger partial charge in [-0.1, -0.05) is 12.1 Å². The number of imidazole rings is 1. The number of nitrogens with zero attached hydrogens (tertiary/aromatic N) is 2. The predicted octanol–water partition coefficient (Wildman–Crippen LogP) is 2.70. The Balaban J connectivity index is 1.72. The highest BCUT2D eigenvalue weighted by molar-refractivity contribution is 7.10. The van der Waals surface area contributed by atoms with Gasteiger partial charge in [0.25, 0.3) is 0 Å². The van der Waals surface area contributed by atoms with Gasteiger partial charge in [-0.3, -0.25) is 4.79 Å². The third-order valence-electron chi connectivity index (χ3n) is 3.21. The standard InChI is InChI=1S/C15H15N3O2S/c19-15(20)8-12(13-4-3-7-21-13)16-9-11-10-18-6-2-1-5-14(18)17-11/h1-7,10,12,16H,8-9H2,(H,19,20). The Hall–Kier alpha value is -2.18. The quantitative estimate of drug-likeness (QED) is 0.734. The number of aromatic nitrogens is 2. The third-order valence-corrected chi connectivity index (χ3v) is 4.19. The number of pyridine rings is 1. The van der Waals surface area contributed by atoms with Crippen LogP contribution in [0.4, 0.5) is 0 Å². The van der Waals surface area contributed by atoms with E-state index in [1.165, 1.54) is 0 Å². The van der Waals surface area contributed by atoms with Crippen LogP contribution in [-0.2, 0) is 11.3 Å². The molecule has 0 aliphatic rings. The zero-order chi connectivity index (χ0) is 14.7. The Morgan fingerprint density at radius 2 is 2.29 bits per heavy atom. The molecule has 0 radical (unpaired) electrons. The lowest BCUT2D eigenvalue weighted by Gasteiger charge is -2.14. The van der Waals surface area contributed by atoms with Crippen LogP contribution in [0.15, 0.2) is 48.1 Å². The van der Waals surface area contributed by atoms with E-state index in [0.29, 0.717) is 6.54 Å². The van der Waals surface area contributed by atoms with Crippen molar-refractivity contribution in [3.05, 3.63) is 58.7 Å². The fraction of sp³-hybridized carbons (Fsp3) is 0.200. The van der Waals surface area contributed by atoms with Crippen LogP contribution < -0.4 is 5.32 Å². The highest BCUT2D eigenvalue weighted by Crippen LogP contribution is 2.22. The average molecular weight is 301 g/mol. The Kier molecular flexibility index (Phi) is 3.98. The largest absolute Gasteiger partial charge is 0.481 e. The van der Waals surface area contributed by atoms with Crippen molar-refractivity contribution in [2.24, 2.45) is 0 Å². The number of carboxylic acids is 1. The summed E-state index contributed by atoms with van der Waals surface area (Å²) in [6.07, 6.45) is 3.96. The fourth-order valence-corrected chi connectivity index (χ4v) is 3.04. The maximum atomic E-state index is 11.0. The first-order valence-electron chi connectivity index (χ1n) is 6.63. The second kappa shape index (κ2) is 6.07. The van der Waals surface area contributed by atoms with Crippen molar-refractivity contribution in [1.29, 1.82) is 0 Å². The molecule has 0 saturated carbocycles. The Morgan fingerprint density at radius 3 is 3.00 bits per heavy atom. The number of thiophene rings is 1. The third kappa shape index (κ3) is 3.29. The highest BCUT2D eigenvalue weighted by atomic mass is 32.1. The summed E-state index contributed by atoms with van der Waals surface area (Å²) in [5.41, 5.74) is 1.79. The highest BCUT2D eigenvalue weighted by Gasteiger charge is 2.16. The molecule has 1 unspecified atom stereocenters. The number of carboxylic acid groups (broad SMARTS) is 1. The number of hydrogen-bond acceptors (Lipinski definition) is 4. The van der Waals surface area contributed by atoms with E-state index in [9.17, 15) is 4.79 Å². The van der Waals surface area contributed by atoms with Crippen LogP contribution in [0, 0.1) is 0 Å². The summed E-state index contributed by atoms with van der Waals surface area (Å²) < 4.78 is 1.95. The zero-order valence-electron chi connectivity index (χ0n) is 11.3. The minimum atomic E-state index is -0.809. The van der Waals surface area contributed by atoms with Crippen molar-refractivity contribution in [1.82, 2.24) is 14.7 Å². The van der Waals surface area contributed by atoms with E-state index >= 15 is 0 Å². The van der Waals surface area contributed by atoms with Crippen LogP contribution in [0.25, 0.3) is 5.65 Å². The molecule has 1 atom stereocenters. The molecule has 0 aliphatic heterocycles. The second-order valence-corrected chi connectivity index (χ2v) is 5.72. The average Bonchev–Trinajstić information content (AvgIpc) is 3.11. The Bertz CT molecular complexity index is 703. The maximum absolute atomic E-state index is 11.0. The summed E-state index contributed by atoms with van der Waals surface area (Å²) in [6, 6.07) is 9.53. The van der Waals surface area contributed by atoms with Crippen LogP contribution in [0.5, 0.6) is 0 Å². The summed E-state index contributed by atoms with van der Waals surface area (Å²) in [5.74, 6) is -0.809. The molecule has 3 aromatic rings. The maximum Gasteiger partial charge on any atom is 0.305 e. The van der Waals surface area contributed by atoms with E-state index in [1.54, 1.807) is 11.3 Å². The molecular formula is C15H15N3O2S. The van der Waals surface area contributed by atoms with E-state index in [4.69, 9.17) is 5.11 Å². The SMILES string of the molecule is O=C(O)CC(NCc1cn2ccccc2n1)c1cccs1. The smallest absolute Gasteiger partial charge is 0.305 e. The molecule has 108 valence electrons. The van der Waals surface area contributed by atoms with E-state index < -0.39 is 5.97 Å². The molecule has 0 aliphatic carbocycles. The van der Waals surface area contributed by atoms with E-state index in [-0.39, 0.29) is 12.5 Å². The van der Waals surface area contributed by atoms with Crippen molar-refractivity contribution >= 4 is 23.0 Å². The summed E-state index contributed by atoms with van der Waals surface area (Å²) >= 11 is 1.56. The second-order valence-electron chi connectivity index (χ2n) is 4.75. The number of fused-ring (bicyclic) bond motifs is 1. The van der Waals surface area contributed by atoms with Crippen LogP contribution in [0.3, 0.4) is 0 Å². The van der Waals surface area contributed by atoms with E-state index in [0.717, 1.165) is 16.2 Å². The lowest BCUT2D eigenvalue weighted by atomic mass is 10.1. The van der Waals surface area contributed by atoms with Crippen molar-refractivity contribution in [3.8, 4) is 0 Å². The van der Waals surface area contributed by atoms with Crippen molar-refractivity contribution in [2.75, 3.05) is 0 Å². The van der Waals surface area contributed by atoms with Gasteiger partial charge in [0.1, 0.15) is 5.65 Å². The minimum Gasteiger partial charge on any atom is -0.481 e. The first-order chi connectivity index (χ1) is 10.2. The number of aliphatic carboxylic acids is 1. The van der Waals surface area contributed by atoms with Gasteiger partial charge >= 0.3 is 5.97 Å². The van der Waals surface area contributed by atoms with Gasteiger partial charge < -0.3 is 14.8 Å². The Labute approximate surface area is 125 Å². The van der Waals surface area contributed by atoms with Gasteiger partial charge in [0, 0.05) is 23.8 Å². The van der Waals surface area contributed by atoms with Crippen molar-refractivity contribution in [2.45, 2.75) is 19.0 Å². The molecule has 2 N–H and O–H groups in total. The summed E-state index contributed by atoms with van der Waals surface area (Å²) in [7, 11) is 0. The van der Waals surface area contributed by atoms with Gasteiger partial charge in [0.05, 0.1) is 18.2 Å². The van der Waals surface area contributed by atoms with Gasteiger partial charge in [0.2, 0.25) is 0 Å². The molecule has 3 rings (SSSR count). The molecule has 0 saturated heterocycles. The summed E-state index contributed by atoms with van der Waals surface area (Å²) in [4.78, 5) is 16.5. The molecule has 6 heteroatoms. The molecule has 3 heterocycles.